The van der Waals surface area contributed by atoms with Crippen molar-refractivity contribution in [1.29, 1.82) is 0 Å². The van der Waals surface area contributed by atoms with Gasteiger partial charge in [0.25, 0.3) is 5.56 Å². The van der Waals surface area contributed by atoms with E-state index in [1.54, 1.807) is 0 Å². The number of amides is 1. The Labute approximate surface area is 162 Å². The molecule has 29 heavy (non-hydrogen) atoms. The van der Waals surface area contributed by atoms with E-state index >= 15 is 0 Å². The Balaban J connectivity index is 2.08. The third-order valence-corrected chi connectivity index (χ3v) is 3.87. The van der Waals surface area contributed by atoms with Gasteiger partial charge in [-0.05, 0) is 42.0 Å². The first-order valence-electron chi connectivity index (χ1n) is 8.29. The first-order chi connectivity index (χ1) is 13.6. The summed E-state index contributed by atoms with van der Waals surface area (Å²) in [6.07, 6.45) is -3.41. The van der Waals surface area contributed by atoms with Crippen LogP contribution in [0.2, 0.25) is 0 Å². The summed E-state index contributed by atoms with van der Waals surface area (Å²) in [5, 5.41) is 2.55. The molecule has 0 fully saturated rings. The number of hydrogen-bond acceptors (Lipinski definition) is 3. The van der Waals surface area contributed by atoms with Crippen molar-refractivity contribution in [2.24, 2.45) is 0 Å². The van der Waals surface area contributed by atoms with Crippen LogP contribution in [0.3, 0.4) is 0 Å². The molecule has 3 aromatic rings. The predicted octanol–water partition coefficient (Wildman–Crippen LogP) is 4.50. The zero-order valence-corrected chi connectivity index (χ0v) is 15.0. The number of carbonyl (C=O) groups excluding carboxylic acids is 1. The van der Waals surface area contributed by atoms with Gasteiger partial charge in [-0.25, -0.2) is 4.39 Å². The van der Waals surface area contributed by atoms with Gasteiger partial charge in [0.05, 0.1) is 5.69 Å². The molecular formula is C20H14F4N2O3. The van der Waals surface area contributed by atoms with Gasteiger partial charge in [-0.15, -0.1) is 13.2 Å². The highest BCUT2D eigenvalue weighted by molar-refractivity contribution is 5.93. The van der Waals surface area contributed by atoms with Crippen molar-refractivity contribution in [3.8, 4) is 22.6 Å². The van der Waals surface area contributed by atoms with Gasteiger partial charge in [-0.3, -0.25) is 14.2 Å². The lowest BCUT2D eigenvalue weighted by molar-refractivity contribution is -0.274. The maximum atomic E-state index is 13.3. The molecule has 2 aromatic carbocycles. The zero-order valence-electron chi connectivity index (χ0n) is 15.0. The second kappa shape index (κ2) is 7.78. The van der Waals surface area contributed by atoms with Crippen molar-refractivity contribution in [3.05, 3.63) is 77.0 Å². The average Bonchev–Trinajstić information content (AvgIpc) is 2.62. The minimum atomic E-state index is -4.83. The SMILES string of the molecule is CC(=O)Nc1cc(=O)n(-c2ccc(OC(F)(F)F)cc2)cc1-c1ccc(F)cc1. The molecule has 0 spiro atoms. The Hall–Kier alpha value is -3.62. The van der Waals surface area contributed by atoms with Crippen molar-refractivity contribution >= 4 is 11.6 Å². The highest BCUT2D eigenvalue weighted by atomic mass is 19.4. The van der Waals surface area contributed by atoms with E-state index in [1.165, 1.54) is 60.2 Å². The number of ether oxygens (including phenoxy) is 1. The monoisotopic (exact) mass is 406 g/mol. The number of halogens is 4. The maximum absolute atomic E-state index is 13.3. The van der Waals surface area contributed by atoms with Crippen LogP contribution in [0.4, 0.5) is 23.2 Å². The summed E-state index contributed by atoms with van der Waals surface area (Å²) in [5.74, 6) is -1.29. The largest absolute Gasteiger partial charge is 0.573 e. The summed E-state index contributed by atoms with van der Waals surface area (Å²) >= 11 is 0. The van der Waals surface area contributed by atoms with Gasteiger partial charge in [0.1, 0.15) is 11.6 Å². The van der Waals surface area contributed by atoms with Gasteiger partial charge in [-0.2, -0.15) is 0 Å². The first-order valence-corrected chi connectivity index (χ1v) is 8.29. The summed E-state index contributed by atoms with van der Waals surface area (Å²) in [6, 6.07) is 11.3. The number of anilines is 1. The second-order valence-electron chi connectivity index (χ2n) is 6.04. The number of benzene rings is 2. The van der Waals surface area contributed by atoms with E-state index in [4.69, 9.17) is 0 Å². The molecule has 0 aliphatic carbocycles. The smallest absolute Gasteiger partial charge is 0.406 e. The Morgan fingerprint density at radius 1 is 1.03 bits per heavy atom. The molecular weight excluding hydrogens is 392 g/mol. The fourth-order valence-electron chi connectivity index (χ4n) is 2.70. The lowest BCUT2D eigenvalue weighted by Crippen LogP contribution is -2.20. The van der Waals surface area contributed by atoms with E-state index in [2.05, 4.69) is 10.1 Å². The fourth-order valence-corrected chi connectivity index (χ4v) is 2.70. The van der Waals surface area contributed by atoms with Gasteiger partial charge in [0.15, 0.2) is 0 Å². The summed E-state index contributed by atoms with van der Waals surface area (Å²) in [5.41, 5.74) is 0.935. The lowest BCUT2D eigenvalue weighted by atomic mass is 10.1. The second-order valence-corrected chi connectivity index (χ2v) is 6.04. The summed E-state index contributed by atoms with van der Waals surface area (Å²) in [7, 11) is 0. The van der Waals surface area contributed by atoms with Crippen molar-refractivity contribution < 1.29 is 27.1 Å². The van der Waals surface area contributed by atoms with Crippen LogP contribution in [0, 0.1) is 5.82 Å². The van der Waals surface area contributed by atoms with Gasteiger partial charge in [0.2, 0.25) is 5.91 Å². The van der Waals surface area contributed by atoms with Crippen molar-refractivity contribution in [1.82, 2.24) is 4.57 Å². The van der Waals surface area contributed by atoms with Crippen molar-refractivity contribution in [2.45, 2.75) is 13.3 Å². The number of rotatable bonds is 4. The lowest BCUT2D eigenvalue weighted by Gasteiger charge is -2.15. The number of aromatic nitrogens is 1. The first kappa shape index (κ1) is 20.1. The molecule has 150 valence electrons. The number of alkyl halides is 3. The molecule has 3 rings (SSSR count). The average molecular weight is 406 g/mol. The molecule has 0 saturated heterocycles. The molecule has 0 saturated carbocycles. The van der Waals surface area contributed by atoms with E-state index in [1.807, 2.05) is 0 Å². The van der Waals surface area contributed by atoms with Gasteiger partial charge in [0, 0.05) is 30.4 Å². The molecule has 0 bridgehead atoms. The number of nitrogens with one attached hydrogen (secondary N) is 1. The molecule has 0 aliphatic heterocycles. The molecule has 1 aromatic heterocycles. The molecule has 0 atom stereocenters. The highest BCUT2D eigenvalue weighted by Gasteiger charge is 2.31. The Morgan fingerprint density at radius 3 is 2.21 bits per heavy atom. The number of pyridine rings is 1. The maximum Gasteiger partial charge on any atom is 0.573 e. The predicted molar refractivity (Wildman–Crippen MR) is 98.4 cm³/mol. The molecule has 1 amide bonds. The van der Waals surface area contributed by atoms with E-state index in [-0.39, 0.29) is 11.4 Å². The fraction of sp³-hybridized carbons (Fsp3) is 0.100. The summed E-state index contributed by atoms with van der Waals surface area (Å²) in [4.78, 5) is 24.0. The van der Waals surface area contributed by atoms with Crippen molar-refractivity contribution in [2.75, 3.05) is 5.32 Å². The van der Waals surface area contributed by atoms with Crippen LogP contribution >= 0.6 is 0 Å². The van der Waals surface area contributed by atoms with Crippen molar-refractivity contribution in [3.63, 3.8) is 0 Å². The van der Waals surface area contributed by atoms with Crippen LogP contribution in [0.5, 0.6) is 5.75 Å². The Bertz CT molecular complexity index is 1090. The van der Waals surface area contributed by atoms with Crippen LogP contribution in [-0.2, 0) is 4.79 Å². The quantitative estimate of drug-likeness (QED) is 0.649. The zero-order chi connectivity index (χ0) is 21.2. The van der Waals surface area contributed by atoms with Gasteiger partial charge < -0.3 is 10.1 Å². The third-order valence-electron chi connectivity index (χ3n) is 3.87. The minimum absolute atomic E-state index is 0.224. The topological polar surface area (TPSA) is 60.3 Å². The van der Waals surface area contributed by atoms with E-state index in [0.717, 1.165) is 12.1 Å². The van der Waals surface area contributed by atoms with Gasteiger partial charge in [-0.1, -0.05) is 12.1 Å². The summed E-state index contributed by atoms with van der Waals surface area (Å²) in [6.45, 7) is 1.28. The molecule has 0 aliphatic rings. The number of nitrogens with zero attached hydrogens (tertiary/aromatic N) is 1. The molecule has 9 heteroatoms. The Kier molecular flexibility index (Phi) is 5.40. The minimum Gasteiger partial charge on any atom is -0.406 e. The molecule has 1 N–H and O–H groups in total. The molecule has 0 radical (unpaired) electrons. The standard InChI is InChI=1S/C20H14F4N2O3/c1-12(27)25-18-10-19(28)26(11-17(18)13-2-4-14(21)5-3-13)15-6-8-16(9-7-15)29-20(22,23)24/h2-11H,1H3,(H,25,27). The van der Waals surface area contributed by atoms with Crippen LogP contribution in [-0.4, -0.2) is 16.8 Å². The highest BCUT2D eigenvalue weighted by Crippen LogP contribution is 2.28. The molecule has 1 heterocycles. The third kappa shape index (κ3) is 5.01. The number of carbonyl (C=O) groups is 1. The van der Waals surface area contributed by atoms with E-state index < -0.39 is 29.4 Å². The van der Waals surface area contributed by atoms with E-state index in [0.29, 0.717) is 11.1 Å². The van der Waals surface area contributed by atoms with Crippen LogP contribution in [0.1, 0.15) is 6.92 Å². The normalized spacial score (nSPS) is 11.2. The number of hydrogen-bond donors (Lipinski definition) is 1. The van der Waals surface area contributed by atoms with Crippen LogP contribution < -0.4 is 15.6 Å². The van der Waals surface area contributed by atoms with E-state index in [9.17, 15) is 27.2 Å². The Morgan fingerprint density at radius 2 is 1.66 bits per heavy atom. The van der Waals surface area contributed by atoms with Crippen LogP contribution in [0.15, 0.2) is 65.6 Å². The van der Waals surface area contributed by atoms with Crippen LogP contribution in [0.25, 0.3) is 16.8 Å². The summed E-state index contributed by atoms with van der Waals surface area (Å²) < 4.78 is 55.2. The molecule has 0 unspecified atom stereocenters. The molecule has 5 nitrogen and oxygen atoms in total. The van der Waals surface area contributed by atoms with Gasteiger partial charge >= 0.3 is 6.36 Å².